The third-order valence-corrected chi connectivity index (χ3v) is 2.36. The van der Waals surface area contributed by atoms with E-state index in [2.05, 4.69) is 26.0 Å². The number of unbranched alkanes of at least 4 members (excludes halogenated alkanes) is 1. The molecule has 0 atom stereocenters. The van der Waals surface area contributed by atoms with Gasteiger partial charge in [-0.1, -0.05) is 31.0 Å². The van der Waals surface area contributed by atoms with Gasteiger partial charge >= 0.3 is 0 Å². The van der Waals surface area contributed by atoms with E-state index in [1.165, 1.54) is 12.0 Å². The first-order valence-electron chi connectivity index (χ1n) is 6.10. The van der Waals surface area contributed by atoms with Crippen LogP contribution in [0.1, 0.15) is 31.7 Å². The lowest BCUT2D eigenvalue weighted by Crippen LogP contribution is -2.03. The minimum atomic E-state index is 0.731. The maximum atomic E-state index is 5.59. The molecule has 0 bridgehead atoms. The summed E-state index contributed by atoms with van der Waals surface area (Å²) in [5.41, 5.74) is 1.26. The summed E-state index contributed by atoms with van der Waals surface area (Å²) in [5.74, 6) is 0.944. The zero-order valence-corrected chi connectivity index (χ0v) is 10.4. The molecule has 90 valence electrons. The first kappa shape index (κ1) is 13.0. The molecule has 0 radical (unpaired) electrons. The van der Waals surface area contributed by atoms with Crippen molar-refractivity contribution in [1.82, 2.24) is 0 Å². The Bertz CT molecular complexity index is 267. The number of ether oxygens (including phenoxy) is 2. The van der Waals surface area contributed by atoms with Gasteiger partial charge in [0.05, 0.1) is 6.61 Å². The number of aryl methyl sites for hydroxylation is 1. The predicted molar refractivity (Wildman–Crippen MR) is 67.0 cm³/mol. The van der Waals surface area contributed by atoms with Gasteiger partial charge in [0, 0.05) is 19.6 Å². The topological polar surface area (TPSA) is 18.5 Å². The molecule has 0 N–H and O–H groups in total. The fraction of sp³-hybridized carbons (Fsp3) is 0.571. The average Bonchev–Trinajstić information content (AvgIpc) is 2.30. The van der Waals surface area contributed by atoms with Crippen molar-refractivity contribution < 1.29 is 9.47 Å². The van der Waals surface area contributed by atoms with E-state index in [1.807, 2.05) is 12.1 Å². The molecule has 0 aliphatic heterocycles. The van der Waals surface area contributed by atoms with Crippen molar-refractivity contribution in [3.8, 4) is 5.75 Å². The van der Waals surface area contributed by atoms with Crippen LogP contribution < -0.4 is 4.74 Å². The highest BCUT2D eigenvalue weighted by atomic mass is 16.5. The van der Waals surface area contributed by atoms with Crippen LogP contribution in [0.15, 0.2) is 24.3 Å². The molecule has 0 saturated carbocycles. The van der Waals surface area contributed by atoms with E-state index in [0.29, 0.717) is 0 Å². The van der Waals surface area contributed by atoms with Gasteiger partial charge in [-0.3, -0.25) is 0 Å². The second-order valence-electron chi connectivity index (χ2n) is 3.98. The van der Waals surface area contributed by atoms with E-state index < -0.39 is 0 Å². The van der Waals surface area contributed by atoms with Gasteiger partial charge < -0.3 is 9.47 Å². The molecule has 0 amide bonds. The fourth-order valence-corrected chi connectivity index (χ4v) is 1.33. The van der Waals surface area contributed by atoms with E-state index in [1.54, 1.807) is 0 Å². The first-order chi connectivity index (χ1) is 7.83. The molecule has 0 aromatic heterocycles. The molecule has 1 aromatic rings. The summed E-state index contributed by atoms with van der Waals surface area (Å²) in [7, 11) is 0. The zero-order chi connectivity index (χ0) is 11.6. The maximum absolute atomic E-state index is 5.59. The quantitative estimate of drug-likeness (QED) is 0.626. The van der Waals surface area contributed by atoms with Crippen LogP contribution in [0.3, 0.4) is 0 Å². The highest BCUT2D eigenvalue weighted by molar-refractivity contribution is 5.26. The number of rotatable bonds is 8. The molecule has 0 unspecified atom stereocenters. The number of hydrogen-bond donors (Lipinski definition) is 0. The minimum Gasteiger partial charge on any atom is -0.494 e. The molecule has 2 nitrogen and oxygen atoms in total. The lowest BCUT2D eigenvalue weighted by molar-refractivity contribution is 0.117. The summed E-state index contributed by atoms with van der Waals surface area (Å²) < 4.78 is 11.0. The smallest absolute Gasteiger partial charge is 0.119 e. The monoisotopic (exact) mass is 222 g/mol. The fourth-order valence-electron chi connectivity index (χ4n) is 1.33. The van der Waals surface area contributed by atoms with Crippen molar-refractivity contribution in [2.24, 2.45) is 0 Å². The molecule has 2 heteroatoms. The van der Waals surface area contributed by atoms with Crippen LogP contribution in [0.4, 0.5) is 0 Å². The first-order valence-corrected chi connectivity index (χ1v) is 6.10. The molecule has 0 aliphatic carbocycles. The van der Waals surface area contributed by atoms with Crippen LogP contribution in [0.2, 0.25) is 0 Å². The molecule has 0 aliphatic rings. The summed E-state index contributed by atoms with van der Waals surface area (Å²) in [6.07, 6.45) is 3.30. The average molecular weight is 222 g/mol. The summed E-state index contributed by atoms with van der Waals surface area (Å²) in [5, 5.41) is 0. The van der Waals surface area contributed by atoms with Crippen LogP contribution in [-0.2, 0) is 4.74 Å². The van der Waals surface area contributed by atoms with Crippen molar-refractivity contribution in [3.63, 3.8) is 0 Å². The second-order valence-corrected chi connectivity index (χ2v) is 3.98. The summed E-state index contributed by atoms with van der Waals surface area (Å²) in [6.45, 7) is 6.65. The lowest BCUT2D eigenvalue weighted by Gasteiger charge is -2.06. The Hall–Kier alpha value is -1.02. The number of benzene rings is 1. The van der Waals surface area contributed by atoms with Crippen molar-refractivity contribution in [2.75, 3.05) is 19.8 Å². The number of hydrogen-bond acceptors (Lipinski definition) is 2. The Morgan fingerprint density at radius 2 is 1.62 bits per heavy atom. The van der Waals surface area contributed by atoms with Gasteiger partial charge in [0.15, 0.2) is 0 Å². The van der Waals surface area contributed by atoms with Crippen LogP contribution in [0, 0.1) is 6.92 Å². The molecule has 16 heavy (non-hydrogen) atoms. The van der Waals surface area contributed by atoms with Crippen molar-refractivity contribution in [3.05, 3.63) is 29.8 Å². The van der Waals surface area contributed by atoms with Crippen molar-refractivity contribution in [2.45, 2.75) is 33.1 Å². The molecule has 1 rings (SSSR count). The van der Waals surface area contributed by atoms with Crippen LogP contribution in [-0.4, -0.2) is 19.8 Å². The van der Waals surface area contributed by atoms with Gasteiger partial charge in [-0.05, 0) is 25.5 Å². The van der Waals surface area contributed by atoms with Gasteiger partial charge in [0.25, 0.3) is 0 Å². The van der Waals surface area contributed by atoms with Crippen LogP contribution in [0.5, 0.6) is 5.75 Å². The standard InChI is InChI=1S/C14H22O2/c1-3-4-10-15-11-5-12-16-14-8-6-13(2)7-9-14/h6-9H,3-5,10-12H2,1-2H3. The second kappa shape index (κ2) is 8.17. The van der Waals surface area contributed by atoms with E-state index in [0.717, 1.165) is 38.4 Å². The highest BCUT2D eigenvalue weighted by Crippen LogP contribution is 2.11. The summed E-state index contributed by atoms with van der Waals surface area (Å²) >= 11 is 0. The molecule has 1 aromatic carbocycles. The largest absolute Gasteiger partial charge is 0.494 e. The van der Waals surface area contributed by atoms with Gasteiger partial charge in [0.1, 0.15) is 5.75 Å². The van der Waals surface area contributed by atoms with Gasteiger partial charge in [0.2, 0.25) is 0 Å². The highest BCUT2D eigenvalue weighted by Gasteiger charge is 1.93. The van der Waals surface area contributed by atoms with E-state index in [9.17, 15) is 0 Å². The van der Waals surface area contributed by atoms with Crippen LogP contribution in [0.25, 0.3) is 0 Å². The Balaban J connectivity index is 2.01. The Kier molecular flexibility index (Phi) is 6.66. The third kappa shape index (κ3) is 5.76. The van der Waals surface area contributed by atoms with E-state index in [-0.39, 0.29) is 0 Å². The molecular weight excluding hydrogens is 200 g/mol. The minimum absolute atomic E-state index is 0.731. The predicted octanol–water partition coefficient (Wildman–Crippen LogP) is 3.58. The SMILES string of the molecule is CCCCOCCCOc1ccc(C)cc1. The van der Waals surface area contributed by atoms with Crippen molar-refractivity contribution >= 4 is 0 Å². The van der Waals surface area contributed by atoms with Crippen molar-refractivity contribution in [1.29, 1.82) is 0 Å². The molecule has 0 spiro atoms. The van der Waals surface area contributed by atoms with Gasteiger partial charge in [-0.25, -0.2) is 0 Å². The third-order valence-electron chi connectivity index (χ3n) is 2.36. The Morgan fingerprint density at radius 1 is 0.938 bits per heavy atom. The maximum Gasteiger partial charge on any atom is 0.119 e. The normalized spacial score (nSPS) is 10.4. The zero-order valence-electron chi connectivity index (χ0n) is 10.4. The molecule has 0 fully saturated rings. The summed E-state index contributed by atoms with van der Waals surface area (Å²) in [6, 6.07) is 8.14. The Morgan fingerprint density at radius 3 is 2.31 bits per heavy atom. The molecular formula is C14H22O2. The van der Waals surface area contributed by atoms with Gasteiger partial charge in [-0.15, -0.1) is 0 Å². The summed E-state index contributed by atoms with van der Waals surface area (Å²) in [4.78, 5) is 0. The van der Waals surface area contributed by atoms with Crippen LogP contribution >= 0.6 is 0 Å². The van der Waals surface area contributed by atoms with Gasteiger partial charge in [-0.2, -0.15) is 0 Å². The molecule has 0 heterocycles. The van der Waals surface area contributed by atoms with E-state index in [4.69, 9.17) is 9.47 Å². The van der Waals surface area contributed by atoms with E-state index >= 15 is 0 Å². The Labute approximate surface area is 98.6 Å². The lowest BCUT2D eigenvalue weighted by atomic mass is 10.2. The molecule has 0 saturated heterocycles.